The van der Waals surface area contributed by atoms with Gasteiger partial charge in [0.1, 0.15) is 0 Å². The van der Waals surface area contributed by atoms with Crippen molar-refractivity contribution in [3.63, 3.8) is 0 Å². The van der Waals surface area contributed by atoms with Crippen molar-refractivity contribution in [1.29, 1.82) is 0 Å². The molecule has 19 heavy (non-hydrogen) atoms. The Morgan fingerprint density at radius 2 is 2.26 bits per heavy atom. The summed E-state index contributed by atoms with van der Waals surface area (Å²) in [6, 6.07) is 0.360. The Balaban J connectivity index is 1.69. The van der Waals surface area contributed by atoms with E-state index in [4.69, 9.17) is 4.52 Å². The summed E-state index contributed by atoms with van der Waals surface area (Å²) in [6.45, 7) is 3.05. The first-order valence-electron chi connectivity index (χ1n) is 7.01. The standard InChI is InChI=1S/C13H20N4O2/c1-8(9-5-6-9)17(2)13(18)11-15-12(19-16-11)10-4-3-7-14-10/h8-10,14H,3-7H2,1-2H3. The molecule has 1 N–H and O–H groups in total. The summed E-state index contributed by atoms with van der Waals surface area (Å²) in [7, 11) is 1.81. The number of hydrogen-bond donors (Lipinski definition) is 1. The van der Waals surface area contributed by atoms with E-state index in [-0.39, 0.29) is 23.8 Å². The van der Waals surface area contributed by atoms with Gasteiger partial charge in [0.15, 0.2) is 0 Å². The Hall–Kier alpha value is -1.43. The number of carbonyl (C=O) groups is 1. The van der Waals surface area contributed by atoms with Crippen molar-refractivity contribution in [1.82, 2.24) is 20.4 Å². The molecule has 104 valence electrons. The SMILES string of the molecule is CC(C1CC1)N(C)C(=O)c1noc(C2CCCN2)n1. The van der Waals surface area contributed by atoms with E-state index in [1.807, 2.05) is 7.05 Å². The summed E-state index contributed by atoms with van der Waals surface area (Å²) in [5, 5.41) is 7.11. The lowest BCUT2D eigenvalue weighted by molar-refractivity contribution is 0.0711. The lowest BCUT2D eigenvalue weighted by Crippen LogP contribution is -2.37. The van der Waals surface area contributed by atoms with Crippen molar-refractivity contribution in [3.05, 3.63) is 11.7 Å². The van der Waals surface area contributed by atoms with Gasteiger partial charge in [-0.2, -0.15) is 4.98 Å². The van der Waals surface area contributed by atoms with E-state index in [2.05, 4.69) is 22.4 Å². The molecule has 0 aromatic carbocycles. The minimum atomic E-state index is -0.146. The van der Waals surface area contributed by atoms with E-state index < -0.39 is 0 Å². The van der Waals surface area contributed by atoms with Crippen LogP contribution >= 0.6 is 0 Å². The number of hydrogen-bond acceptors (Lipinski definition) is 5. The van der Waals surface area contributed by atoms with Crippen LogP contribution in [0.1, 0.15) is 55.2 Å². The first kappa shape index (κ1) is 12.6. The highest BCUT2D eigenvalue weighted by Gasteiger charge is 2.34. The molecule has 2 atom stereocenters. The van der Waals surface area contributed by atoms with Gasteiger partial charge in [0.25, 0.3) is 11.7 Å². The van der Waals surface area contributed by atoms with Crippen LogP contribution in [0.5, 0.6) is 0 Å². The fourth-order valence-electron chi connectivity index (χ4n) is 2.60. The second-order valence-corrected chi connectivity index (χ2v) is 5.60. The van der Waals surface area contributed by atoms with Gasteiger partial charge in [-0.05, 0) is 45.1 Å². The van der Waals surface area contributed by atoms with Crippen molar-refractivity contribution >= 4 is 5.91 Å². The van der Waals surface area contributed by atoms with Crippen LogP contribution < -0.4 is 5.32 Å². The molecule has 0 spiro atoms. The molecule has 0 radical (unpaired) electrons. The molecule has 1 saturated carbocycles. The third kappa shape index (κ3) is 2.49. The van der Waals surface area contributed by atoms with Gasteiger partial charge in [-0.3, -0.25) is 4.79 Å². The Morgan fingerprint density at radius 1 is 1.47 bits per heavy atom. The van der Waals surface area contributed by atoms with Crippen molar-refractivity contribution in [2.45, 2.75) is 44.7 Å². The largest absolute Gasteiger partial charge is 0.337 e. The highest BCUT2D eigenvalue weighted by Crippen LogP contribution is 2.35. The molecule has 1 aromatic rings. The van der Waals surface area contributed by atoms with Crippen molar-refractivity contribution in [2.75, 3.05) is 13.6 Å². The number of amides is 1. The topological polar surface area (TPSA) is 71.3 Å². The third-order valence-corrected chi connectivity index (χ3v) is 4.23. The molecule has 1 amide bonds. The number of nitrogens with zero attached hydrogens (tertiary/aromatic N) is 3. The van der Waals surface area contributed by atoms with E-state index in [1.165, 1.54) is 12.8 Å². The predicted molar refractivity (Wildman–Crippen MR) is 68.6 cm³/mol. The summed E-state index contributed by atoms with van der Waals surface area (Å²) in [5.41, 5.74) is 0. The van der Waals surface area contributed by atoms with Gasteiger partial charge in [0.05, 0.1) is 6.04 Å². The Morgan fingerprint density at radius 3 is 2.89 bits per heavy atom. The van der Waals surface area contributed by atoms with Crippen molar-refractivity contribution < 1.29 is 9.32 Å². The molecule has 3 rings (SSSR count). The van der Waals surface area contributed by atoms with Gasteiger partial charge in [0.2, 0.25) is 5.89 Å². The maximum atomic E-state index is 12.3. The van der Waals surface area contributed by atoms with E-state index in [1.54, 1.807) is 4.90 Å². The lowest BCUT2D eigenvalue weighted by atomic mass is 10.2. The number of carbonyl (C=O) groups excluding carboxylic acids is 1. The molecule has 6 heteroatoms. The van der Waals surface area contributed by atoms with Gasteiger partial charge in [-0.15, -0.1) is 0 Å². The first-order chi connectivity index (χ1) is 9.16. The average Bonchev–Trinajstić information content (AvgIpc) is 2.94. The van der Waals surface area contributed by atoms with Gasteiger partial charge in [-0.25, -0.2) is 0 Å². The van der Waals surface area contributed by atoms with E-state index in [0.29, 0.717) is 11.8 Å². The fourth-order valence-corrected chi connectivity index (χ4v) is 2.60. The van der Waals surface area contributed by atoms with Crippen molar-refractivity contribution in [2.24, 2.45) is 5.92 Å². The Labute approximate surface area is 112 Å². The van der Waals surface area contributed by atoms with Crippen LogP contribution in [0.25, 0.3) is 0 Å². The molecule has 1 saturated heterocycles. The number of rotatable bonds is 4. The molecule has 1 aliphatic heterocycles. The van der Waals surface area contributed by atoms with E-state index in [9.17, 15) is 4.79 Å². The van der Waals surface area contributed by atoms with Crippen LogP contribution in [0.2, 0.25) is 0 Å². The van der Waals surface area contributed by atoms with Crippen LogP contribution in [-0.2, 0) is 0 Å². The van der Waals surface area contributed by atoms with Crippen LogP contribution in [0.4, 0.5) is 0 Å². The molecular formula is C13H20N4O2. The molecule has 6 nitrogen and oxygen atoms in total. The summed E-state index contributed by atoms with van der Waals surface area (Å²) >= 11 is 0. The monoisotopic (exact) mass is 264 g/mol. The molecule has 2 unspecified atom stereocenters. The van der Waals surface area contributed by atoms with Gasteiger partial charge in [0, 0.05) is 13.1 Å². The van der Waals surface area contributed by atoms with Crippen LogP contribution in [0.3, 0.4) is 0 Å². The van der Waals surface area contributed by atoms with Crippen molar-refractivity contribution in [3.8, 4) is 0 Å². The van der Waals surface area contributed by atoms with Crippen LogP contribution in [0.15, 0.2) is 4.52 Å². The Kier molecular flexibility index (Phi) is 3.26. The smallest absolute Gasteiger partial charge is 0.295 e. The molecule has 1 aromatic heterocycles. The summed E-state index contributed by atoms with van der Waals surface area (Å²) in [4.78, 5) is 18.2. The average molecular weight is 264 g/mol. The normalized spacial score (nSPS) is 24.4. The lowest BCUT2D eigenvalue weighted by Gasteiger charge is -2.23. The zero-order chi connectivity index (χ0) is 13.4. The fraction of sp³-hybridized carbons (Fsp3) is 0.769. The summed E-state index contributed by atoms with van der Waals surface area (Å²) in [5.74, 6) is 1.20. The molecule has 2 heterocycles. The Bertz CT molecular complexity index is 463. The molecule has 0 bridgehead atoms. The van der Waals surface area contributed by atoms with Gasteiger partial charge in [-0.1, -0.05) is 5.16 Å². The second-order valence-electron chi connectivity index (χ2n) is 5.60. The van der Waals surface area contributed by atoms with E-state index >= 15 is 0 Å². The zero-order valence-corrected chi connectivity index (χ0v) is 11.4. The third-order valence-electron chi connectivity index (χ3n) is 4.23. The van der Waals surface area contributed by atoms with Crippen LogP contribution in [-0.4, -0.2) is 40.6 Å². The second kappa shape index (κ2) is 4.92. The molecule has 2 fully saturated rings. The highest BCUT2D eigenvalue weighted by molar-refractivity contribution is 5.90. The first-order valence-corrected chi connectivity index (χ1v) is 7.01. The quantitative estimate of drug-likeness (QED) is 0.889. The van der Waals surface area contributed by atoms with E-state index in [0.717, 1.165) is 19.4 Å². The summed E-state index contributed by atoms with van der Waals surface area (Å²) < 4.78 is 5.20. The predicted octanol–water partition coefficient (Wildman–Crippen LogP) is 1.36. The zero-order valence-electron chi connectivity index (χ0n) is 11.4. The van der Waals surface area contributed by atoms with Crippen LogP contribution in [0, 0.1) is 5.92 Å². The number of aromatic nitrogens is 2. The summed E-state index contributed by atoms with van der Waals surface area (Å²) in [6.07, 6.45) is 4.52. The molecular weight excluding hydrogens is 244 g/mol. The minimum Gasteiger partial charge on any atom is -0.337 e. The molecule has 2 aliphatic rings. The van der Waals surface area contributed by atoms with Gasteiger partial charge < -0.3 is 14.7 Å². The minimum absolute atomic E-state index is 0.111. The maximum absolute atomic E-state index is 12.3. The maximum Gasteiger partial charge on any atom is 0.295 e. The van der Waals surface area contributed by atoms with Gasteiger partial charge >= 0.3 is 0 Å². The highest BCUT2D eigenvalue weighted by atomic mass is 16.5. The number of nitrogens with one attached hydrogen (secondary N) is 1. The molecule has 1 aliphatic carbocycles.